The first-order valence-electron chi connectivity index (χ1n) is 6.66. The van der Waals surface area contributed by atoms with Gasteiger partial charge in [-0.25, -0.2) is 9.38 Å². The number of anilines is 1. The van der Waals surface area contributed by atoms with Gasteiger partial charge in [0.25, 0.3) is 0 Å². The third-order valence-corrected chi connectivity index (χ3v) is 3.02. The fourth-order valence-corrected chi connectivity index (χ4v) is 1.91. The molecule has 0 atom stereocenters. The van der Waals surface area contributed by atoms with Crippen LogP contribution in [0.15, 0.2) is 47.5 Å². The second kappa shape index (κ2) is 7.31. The number of para-hydroxylation sites is 2. The minimum atomic E-state index is -0.425. The average molecular weight is 303 g/mol. The molecular formula is C16H18FN3O2. The zero-order chi connectivity index (χ0) is 15.9. The van der Waals surface area contributed by atoms with Crippen LogP contribution in [0.25, 0.3) is 0 Å². The van der Waals surface area contributed by atoms with Crippen molar-refractivity contribution in [3.05, 3.63) is 53.8 Å². The molecule has 0 spiro atoms. The largest absolute Gasteiger partial charge is 0.495 e. The molecule has 2 rings (SSSR count). The first kappa shape index (κ1) is 15.6. The Morgan fingerprint density at radius 3 is 2.55 bits per heavy atom. The van der Waals surface area contributed by atoms with Crippen LogP contribution in [0.2, 0.25) is 0 Å². The Morgan fingerprint density at radius 1 is 1.14 bits per heavy atom. The van der Waals surface area contributed by atoms with Crippen LogP contribution in [0.5, 0.6) is 11.5 Å². The summed E-state index contributed by atoms with van der Waals surface area (Å²) in [7, 11) is 3.00. The minimum absolute atomic E-state index is 0.202. The lowest BCUT2D eigenvalue weighted by Gasteiger charge is -2.10. The zero-order valence-corrected chi connectivity index (χ0v) is 12.5. The number of ether oxygens (including phenoxy) is 2. The van der Waals surface area contributed by atoms with Crippen molar-refractivity contribution in [1.29, 1.82) is 0 Å². The maximum absolute atomic E-state index is 13.6. The Morgan fingerprint density at radius 2 is 1.86 bits per heavy atom. The summed E-state index contributed by atoms with van der Waals surface area (Å²) in [6.45, 7) is 0.259. The van der Waals surface area contributed by atoms with Crippen LogP contribution < -0.4 is 20.5 Å². The number of methoxy groups -OCH3 is 2. The van der Waals surface area contributed by atoms with E-state index in [1.165, 1.54) is 13.2 Å². The normalized spacial score (nSPS) is 11.1. The lowest BCUT2D eigenvalue weighted by molar-refractivity contribution is 0.386. The predicted octanol–water partition coefficient (Wildman–Crippen LogP) is 2.77. The first-order chi connectivity index (χ1) is 10.6. The SMILES string of the molecule is COc1ccc(CN=C(N)Nc2ccccc2OC)cc1F. The number of halogens is 1. The smallest absolute Gasteiger partial charge is 0.193 e. The van der Waals surface area contributed by atoms with Gasteiger partial charge in [0, 0.05) is 0 Å². The zero-order valence-electron chi connectivity index (χ0n) is 12.5. The molecule has 0 unspecified atom stereocenters. The van der Waals surface area contributed by atoms with Crippen molar-refractivity contribution in [1.82, 2.24) is 0 Å². The molecule has 22 heavy (non-hydrogen) atoms. The molecule has 0 aromatic heterocycles. The number of rotatable bonds is 5. The summed E-state index contributed by atoms with van der Waals surface area (Å²) >= 11 is 0. The van der Waals surface area contributed by atoms with E-state index in [4.69, 9.17) is 15.2 Å². The number of nitrogens with one attached hydrogen (secondary N) is 1. The van der Waals surface area contributed by atoms with E-state index in [2.05, 4.69) is 10.3 Å². The van der Waals surface area contributed by atoms with Crippen LogP contribution >= 0.6 is 0 Å². The van der Waals surface area contributed by atoms with Crippen LogP contribution in [0.4, 0.5) is 10.1 Å². The third-order valence-electron chi connectivity index (χ3n) is 3.02. The molecule has 5 nitrogen and oxygen atoms in total. The van der Waals surface area contributed by atoms with Gasteiger partial charge in [0.2, 0.25) is 0 Å². The van der Waals surface area contributed by atoms with Gasteiger partial charge in [-0.05, 0) is 29.8 Å². The molecule has 0 aliphatic carbocycles. The van der Waals surface area contributed by atoms with E-state index < -0.39 is 5.82 Å². The van der Waals surface area contributed by atoms with Gasteiger partial charge in [-0.1, -0.05) is 18.2 Å². The number of hydrogen-bond acceptors (Lipinski definition) is 3. The summed E-state index contributed by atoms with van der Waals surface area (Å²) in [4.78, 5) is 4.18. The number of guanidine groups is 1. The highest BCUT2D eigenvalue weighted by Crippen LogP contribution is 2.22. The van der Waals surface area contributed by atoms with Crippen LogP contribution in [-0.2, 0) is 6.54 Å². The van der Waals surface area contributed by atoms with Crippen LogP contribution in [0.1, 0.15) is 5.56 Å². The number of nitrogens with two attached hydrogens (primary N) is 1. The maximum atomic E-state index is 13.6. The highest BCUT2D eigenvalue weighted by molar-refractivity contribution is 5.93. The lowest BCUT2D eigenvalue weighted by Crippen LogP contribution is -2.22. The number of benzene rings is 2. The van der Waals surface area contributed by atoms with E-state index in [0.29, 0.717) is 17.0 Å². The molecule has 0 radical (unpaired) electrons. The van der Waals surface area contributed by atoms with E-state index in [9.17, 15) is 4.39 Å². The highest BCUT2D eigenvalue weighted by Gasteiger charge is 2.04. The van der Waals surface area contributed by atoms with E-state index in [1.54, 1.807) is 19.2 Å². The van der Waals surface area contributed by atoms with Gasteiger partial charge in [-0.15, -0.1) is 0 Å². The van der Waals surface area contributed by atoms with Crippen molar-refractivity contribution in [3.63, 3.8) is 0 Å². The van der Waals surface area contributed by atoms with Crippen molar-refractivity contribution in [2.45, 2.75) is 6.54 Å². The van der Waals surface area contributed by atoms with E-state index >= 15 is 0 Å². The lowest BCUT2D eigenvalue weighted by atomic mass is 10.2. The van der Waals surface area contributed by atoms with Gasteiger partial charge in [0.15, 0.2) is 17.5 Å². The van der Waals surface area contributed by atoms with E-state index in [-0.39, 0.29) is 18.3 Å². The first-order valence-corrected chi connectivity index (χ1v) is 6.66. The van der Waals surface area contributed by atoms with Crippen LogP contribution in [0.3, 0.4) is 0 Å². The molecular weight excluding hydrogens is 285 g/mol. The second-order valence-corrected chi connectivity index (χ2v) is 4.50. The number of nitrogens with zero attached hydrogens (tertiary/aromatic N) is 1. The molecule has 6 heteroatoms. The highest BCUT2D eigenvalue weighted by atomic mass is 19.1. The molecule has 3 N–H and O–H groups in total. The monoisotopic (exact) mass is 303 g/mol. The number of hydrogen-bond donors (Lipinski definition) is 2. The molecule has 116 valence electrons. The number of aliphatic imine (C=N–C) groups is 1. The Hall–Kier alpha value is -2.76. The fourth-order valence-electron chi connectivity index (χ4n) is 1.91. The summed E-state index contributed by atoms with van der Waals surface area (Å²) in [6, 6.07) is 12.0. The van der Waals surface area contributed by atoms with Crippen molar-refractivity contribution >= 4 is 11.6 Å². The quantitative estimate of drug-likeness (QED) is 0.658. The predicted molar refractivity (Wildman–Crippen MR) is 84.9 cm³/mol. The summed E-state index contributed by atoms with van der Waals surface area (Å²) in [6.07, 6.45) is 0. The van der Waals surface area contributed by atoms with Gasteiger partial charge in [-0.2, -0.15) is 0 Å². The summed E-state index contributed by atoms with van der Waals surface area (Å²) in [5, 5.41) is 2.95. The second-order valence-electron chi connectivity index (χ2n) is 4.50. The van der Waals surface area contributed by atoms with E-state index in [1.807, 2.05) is 24.3 Å². The molecule has 2 aromatic rings. The van der Waals surface area contributed by atoms with Crippen molar-refractivity contribution in [2.24, 2.45) is 10.7 Å². The molecule has 0 saturated carbocycles. The molecule has 0 saturated heterocycles. The summed E-state index contributed by atoms with van der Waals surface area (Å²) < 4.78 is 23.7. The molecule has 0 heterocycles. The van der Waals surface area contributed by atoms with Crippen molar-refractivity contribution < 1.29 is 13.9 Å². The summed E-state index contributed by atoms with van der Waals surface area (Å²) in [5.41, 5.74) is 7.25. The van der Waals surface area contributed by atoms with Crippen molar-refractivity contribution in [2.75, 3.05) is 19.5 Å². The molecule has 2 aromatic carbocycles. The van der Waals surface area contributed by atoms with Crippen molar-refractivity contribution in [3.8, 4) is 11.5 Å². The van der Waals surface area contributed by atoms with Gasteiger partial charge < -0.3 is 20.5 Å². The average Bonchev–Trinajstić information content (AvgIpc) is 2.53. The molecule has 0 amide bonds. The maximum Gasteiger partial charge on any atom is 0.193 e. The Balaban J connectivity index is 2.05. The fraction of sp³-hybridized carbons (Fsp3) is 0.188. The third kappa shape index (κ3) is 3.88. The van der Waals surface area contributed by atoms with Gasteiger partial charge in [-0.3, -0.25) is 0 Å². The standard InChI is InChI=1S/C16H18FN3O2/c1-21-14-8-7-11(9-12(14)17)10-19-16(18)20-13-5-3-4-6-15(13)22-2/h3-9H,10H2,1-2H3,(H3,18,19,20). The van der Waals surface area contributed by atoms with E-state index in [0.717, 1.165) is 0 Å². The Kier molecular flexibility index (Phi) is 5.19. The minimum Gasteiger partial charge on any atom is -0.495 e. The van der Waals surface area contributed by atoms with Gasteiger partial charge >= 0.3 is 0 Å². The van der Waals surface area contributed by atoms with Crippen LogP contribution in [0, 0.1) is 5.82 Å². The van der Waals surface area contributed by atoms with Crippen LogP contribution in [-0.4, -0.2) is 20.2 Å². The summed E-state index contributed by atoms with van der Waals surface area (Å²) in [5.74, 6) is 0.663. The molecule has 0 fully saturated rings. The van der Waals surface area contributed by atoms with Gasteiger partial charge in [0.1, 0.15) is 5.75 Å². The Labute approximate surface area is 128 Å². The Bertz CT molecular complexity index is 674. The topological polar surface area (TPSA) is 68.9 Å². The molecule has 0 bridgehead atoms. The molecule has 0 aliphatic heterocycles. The van der Waals surface area contributed by atoms with Gasteiger partial charge in [0.05, 0.1) is 26.5 Å². The molecule has 0 aliphatic rings.